The van der Waals surface area contributed by atoms with Crippen LogP contribution in [0.15, 0.2) is 65.3 Å². The van der Waals surface area contributed by atoms with E-state index in [0.29, 0.717) is 0 Å². The van der Waals surface area contributed by atoms with Gasteiger partial charge in [0.05, 0.1) is 5.52 Å². The van der Waals surface area contributed by atoms with Crippen molar-refractivity contribution in [3.05, 3.63) is 70.9 Å². The Morgan fingerprint density at radius 2 is 1.71 bits per heavy atom. The first-order valence-electron chi connectivity index (χ1n) is 7.15. The molecule has 0 aliphatic heterocycles. The van der Waals surface area contributed by atoms with Gasteiger partial charge >= 0.3 is 0 Å². The van der Waals surface area contributed by atoms with Gasteiger partial charge in [0.2, 0.25) is 0 Å². The van der Waals surface area contributed by atoms with Crippen LogP contribution in [0.2, 0.25) is 0 Å². The van der Waals surface area contributed by atoms with Crippen LogP contribution in [0.25, 0.3) is 27.2 Å². The highest BCUT2D eigenvalue weighted by Gasteiger charge is 2.12. The molecule has 0 bridgehead atoms. The van der Waals surface area contributed by atoms with E-state index in [1.807, 2.05) is 12.3 Å². The summed E-state index contributed by atoms with van der Waals surface area (Å²) in [5, 5.41) is 3.73. The zero-order valence-electron chi connectivity index (χ0n) is 11.5. The van der Waals surface area contributed by atoms with Crippen LogP contribution in [-0.2, 0) is 0 Å². The predicted molar refractivity (Wildman–Crippen MR) is 93.5 cm³/mol. The van der Waals surface area contributed by atoms with Crippen LogP contribution in [0.1, 0.15) is 18.4 Å². The lowest BCUT2D eigenvalue weighted by atomic mass is 9.91. The molecule has 0 atom stereocenters. The molecule has 0 radical (unpaired) electrons. The Labute approximate surface area is 132 Å². The zero-order chi connectivity index (χ0) is 14.2. The van der Waals surface area contributed by atoms with Gasteiger partial charge in [0.15, 0.2) is 0 Å². The van der Waals surface area contributed by atoms with Gasteiger partial charge < -0.3 is 0 Å². The minimum atomic E-state index is 1.07. The molecule has 1 aliphatic carbocycles. The maximum absolute atomic E-state index is 4.63. The van der Waals surface area contributed by atoms with Crippen LogP contribution in [0, 0.1) is 0 Å². The van der Waals surface area contributed by atoms with Crippen molar-refractivity contribution in [3.8, 4) is 0 Å². The molecule has 0 fully saturated rings. The first kappa shape index (κ1) is 12.8. The smallest absolute Gasteiger partial charge is 0.0786 e. The second-order valence-corrected chi connectivity index (χ2v) is 6.37. The van der Waals surface area contributed by atoms with E-state index in [4.69, 9.17) is 0 Å². The lowest BCUT2D eigenvalue weighted by Gasteiger charge is -2.15. The van der Waals surface area contributed by atoms with Crippen molar-refractivity contribution in [1.82, 2.24) is 4.98 Å². The number of aromatic nitrogens is 1. The SMILES string of the molecule is BrC1=CC=C(c2cccc3ccc4cccnc4c23)CC1. The largest absolute Gasteiger partial charge is 0.256 e. The fourth-order valence-electron chi connectivity index (χ4n) is 3.02. The van der Waals surface area contributed by atoms with Crippen LogP contribution in [0.3, 0.4) is 0 Å². The summed E-state index contributed by atoms with van der Waals surface area (Å²) in [6.45, 7) is 0. The van der Waals surface area contributed by atoms with Crippen LogP contribution >= 0.6 is 15.9 Å². The lowest BCUT2D eigenvalue weighted by Crippen LogP contribution is -1.93. The summed E-state index contributed by atoms with van der Waals surface area (Å²) in [7, 11) is 0. The molecular formula is C19H14BrN. The number of rotatable bonds is 1. The van der Waals surface area contributed by atoms with E-state index in [2.05, 4.69) is 69.5 Å². The number of benzene rings is 2. The number of pyridine rings is 1. The highest BCUT2D eigenvalue weighted by Crippen LogP contribution is 2.35. The molecule has 0 spiro atoms. The molecule has 0 amide bonds. The van der Waals surface area contributed by atoms with Crippen molar-refractivity contribution in [2.45, 2.75) is 12.8 Å². The van der Waals surface area contributed by atoms with Crippen LogP contribution < -0.4 is 0 Å². The van der Waals surface area contributed by atoms with Crippen molar-refractivity contribution < 1.29 is 0 Å². The van der Waals surface area contributed by atoms with Gasteiger partial charge in [0.1, 0.15) is 0 Å². The molecule has 1 heterocycles. The van der Waals surface area contributed by atoms with Crippen molar-refractivity contribution in [2.24, 2.45) is 0 Å². The number of halogens is 1. The van der Waals surface area contributed by atoms with Crippen LogP contribution in [0.4, 0.5) is 0 Å². The Hall–Kier alpha value is -1.93. The van der Waals surface area contributed by atoms with Gasteiger partial charge in [0.25, 0.3) is 0 Å². The number of hydrogen-bond donors (Lipinski definition) is 0. The highest BCUT2D eigenvalue weighted by molar-refractivity contribution is 9.11. The molecule has 0 N–H and O–H groups in total. The van der Waals surface area contributed by atoms with Crippen molar-refractivity contribution >= 4 is 43.2 Å². The fourth-order valence-corrected chi connectivity index (χ4v) is 3.35. The molecular weight excluding hydrogens is 322 g/mol. The van der Waals surface area contributed by atoms with Crippen molar-refractivity contribution in [2.75, 3.05) is 0 Å². The van der Waals surface area contributed by atoms with E-state index >= 15 is 0 Å². The fraction of sp³-hybridized carbons (Fsp3) is 0.105. The summed E-state index contributed by atoms with van der Waals surface area (Å²) >= 11 is 3.58. The quantitative estimate of drug-likeness (QED) is 0.508. The molecule has 2 aromatic carbocycles. The second kappa shape index (κ2) is 5.12. The second-order valence-electron chi connectivity index (χ2n) is 5.35. The van der Waals surface area contributed by atoms with E-state index in [0.717, 1.165) is 18.4 Å². The minimum Gasteiger partial charge on any atom is -0.256 e. The maximum atomic E-state index is 4.63. The summed E-state index contributed by atoms with van der Waals surface area (Å²) in [5.74, 6) is 0. The van der Waals surface area contributed by atoms with Gasteiger partial charge in [-0.2, -0.15) is 0 Å². The number of fused-ring (bicyclic) bond motifs is 3. The predicted octanol–water partition coefficient (Wildman–Crippen LogP) is 5.84. The highest BCUT2D eigenvalue weighted by atomic mass is 79.9. The average Bonchev–Trinajstić information content (AvgIpc) is 2.55. The number of allylic oxidation sites excluding steroid dienone is 4. The summed E-state index contributed by atoms with van der Waals surface area (Å²) in [5.41, 5.74) is 3.80. The van der Waals surface area contributed by atoms with E-state index in [1.165, 1.54) is 31.8 Å². The Morgan fingerprint density at radius 3 is 2.57 bits per heavy atom. The maximum Gasteiger partial charge on any atom is 0.0786 e. The molecule has 1 nitrogen and oxygen atoms in total. The van der Waals surface area contributed by atoms with Crippen molar-refractivity contribution in [3.63, 3.8) is 0 Å². The van der Waals surface area contributed by atoms with Crippen LogP contribution in [0.5, 0.6) is 0 Å². The van der Waals surface area contributed by atoms with Gasteiger partial charge in [-0.05, 0) is 39.9 Å². The summed E-state index contributed by atoms with van der Waals surface area (Å²) in [6, 6.07) is 15.0. The molecule has 3 aromatic rings. The molecule has 0 unspecified atom stereocenters. The molecule has 1 aromatic heterocycles. The average molecular weight is 336 g/mol. The molecule has 21 heavy (non-hydrogen) atoms. The van der Waals surface area contributed by atoms with E-state index in [1.54, 1.807) is 0 Å². The topological polar surface area (TPSA) is 12.9 Å². The lowest BCUT2D eigenvalue weighted by molar-refractivity contribution is 1.04. The summed E-state index contributed by atoms with van der Waals surface area (Å²) < 4.78 is 1.27. The van der Waals surface area contributed by atoms with Gasteiger partial charge in [-0.3, -0.25) is 4.98 Å². The number of hydrogen-bond acceptors (Lipinski definition) is 1. The summed E-state index contributed by atoms with van der Waals surface area (Å²) in [6.07, 6.45) is 8.41. The van der Waals surface area contributed by atoms with Crippen molar-refractivity contribution in [1.29, 1.82) is 0 Å². The Kier molecular flexibility index (Phi) is 3.12. The van der Waals surface area contributed by atoms with Gasteiger partial charge in [-0.1, -0.05) is 64.5 Å². The van der Waals surface area contributed by atoms with E-state index < -0.39 is 0 Å². The molecule has 2 heteroatoms. The van der Waals surface area contributed by atoms with E-state index in [9.17, 15) is 0 Å². The molecule has 102 valence electrons. The van der Waals surface area contributed by atoms with E-state index in [-0.39, 0.29) is 0 Å². The van der Waals surface area contributed by atoms with Gasteiger partial charge in [-0.25, -0.2) is 0 Å². The third kappa shape index (κ3) is 2.20. The zero-order valence-corrected chi connectivity index (χ0v) is 13.1. The third-order valence-corrected chi connectivity index (χ3v) is 4.72. The van der Waals surface area contributed by atoms with Gasteiger partial charge in [0, 0.05) is 17.0 Å². The summed E-state index contributed by atoms with van der Waals surface area (Å²) in [4.78, 5) is 4.63. The molecule has 1 aliphatic rings. The first-order chi connectivity index (χ1) is 10.3. The third-order valence-electron chi connectivity index (χ3n) is 4.06. The van der Waals surface area contributed by atoms with Crippen LogP contribution in [-0.4, -0.2) is 4.98 Å². The number of nitrogens with zero attached hydrogens (tertiary/aromatic N) is 1. The Balaban J connectivity index is 2.07. The minimum absolute atomic E-state index is 1.07. The van der Waals surface area contributed by atoms with Gasteiger partial charge in [-0.15, -0.1) is 0 Å². The first-order valence-corrected chi connectivity index (χ1v) is 7.94. The molecule has 4 rings (SSSR count). The molecule has 0 saturated carbocycles. The molecule has 0 saturated heterocycles. The normalized spacial score (nSPS) is 15.1. The standard InChI is InChI=1S/C19H14BrN/c20-16-10-8-13(9-11-16)17-5-1-3-14-6-7-15-4-2-12-21-19(15)18(14)17/h1-8,10,12H,9,11H2. The monoisotopic (exact) mass is 335 g/mol. The Bertz CT molecular complexity index is 906. The Morgan fingerprint density at radius 1 is 0.857 bits per heavy atom.